The van der Waals surface area contributed by atoms with E-state index in [1.807, 2.05) is 13.8 Å². The van der Waals surface area contributed by atoms with Crippen molar-refractivity contribution in [2.45, 2.75) is 39.3 Å². The molecule has 0 aliphatic heterocycles. The Kier molecular flexibility index (Phi) is 3.82. The number of aromatic nitrogens is 3. The van der Waals surface area contributed by atoms with E-state index in [1.54, 1.807) is 0 Å². The van der Waals surface area contributed by atoms with E-state index in [0.29, 0.717) is 17.8 Å². The van der Waals surface area contributed by atoms with Gasteiger partial charge < -0.3 is 16.2 Å². The average Bonchev–Trinajstić information content (AvgIpc) is 3.24. The predicted molar refractivity (Wildman–Crippen MR) is 89.7 cm³/mol. The summed E-state index contributed by atoms with van der Waals surface area (Å²) in [6.07, 6.45) is 3.29. The smallest absolute Gasteiger partial charge is 0.378 e. The summed E-state index contributed by atoms with van der Waals surface area (Å²) in [5.74, 6) is -0.497. The van der Waals surface area contributed by atoms with E-state index < -0.39 is 11.5 Å². The van der Waals surface area contributed by atoms with Crippen LogP contribution in [0.4, 0.5) is 5.82 Å². The lowest BCUT2D eigenvalue weighted by Crippen LogP contribution is -2.46. The Morgan fingerprint density at radius 3 is 2.79 bits per heavy atom. The number of aromatic amines is 1. The zero-order valence-electron chi connectivity index (χ0n) is 13.8. The molecule has 1 aliphatic carbocycles. The van der Waals surface area contributed by atoms with Gasteiger partial charge in [0.05, 0.1) is 6.54 Å². The molecular formula is C16H22N5O3+. The largest absolute Gasteiger partial charge is 0.477 e. The zero-order valence-corrected chi connectivity index (χ0v) is 13.8. The molecule has 1 fully saturated rings. The molecule has 128 valence electrons. The molecule has 24 heavy (non-hydrogen) atoms. The second kappa shape index (κ2) is 5.70. The lowest BCUT2D eigenvalue weighted by molar-refractivity contribution is -0.686. The second-order valence-corrected chi connectivity index (χ2v) is 6.56. The molecule has 0 saturated heterocycles. The average molecular weight is 332 g/mol. The van der Waals surface area contributed by atoms with Crippen LogP contribution in [0, 0.1) is 5.92 Å². The molecule has 3 rings (SSSR count). The molecule has 8 nitrogen and oxygen atoms in total. The second-order valence-electron chi connectivity index (χ2n) is 6.56. The van der Waals surface area contributed by atoms with E-state index in [2.05, 4.69) is 17.0 Å². The Morgan fingerprint density at radius 2 is 2.25 bits per heavy atom. The van der Waals surface area contributed by atoms with Gasteiger partial charge in [-0.05, 0) is 18.8 Å². The van der Waals surface area contributed by atoms with E-state index >= 15 is 0 Å². The molecule has 0 bridgehead atoms. The molecule has 0 unspecified atom stereocenters. The number of fused-ring (bicyclic) bond motifs is 1. The van der Waals surface area contributed by atoms with Gasteiger partial charge in [0, 0.05) is 6.04 Å². The van der Waals surface area contributed by atoms with Crippen molar-refractivity contribution in [1.29, 1.82) is 0 Å². The number of carbonyl (C=O) groups excluding carboxylic acids is 1. The number of nitrogens with two attached hydrogens (primary N) is 1. The number of nitrogens with one attached hydrogen (secondary N) is 2. The quantitative estimate of drug-likeness (QED) is 0.593. The maximum Gasteiger partial charge on any atom is 0.378 e. The topological polar surface area (TPSA) is 116 Å². The van der Waals surface area contributed by atoms with Gasteiger partial charge in [-0.15, -0.1) is 0 Å². The summed E-state index contributed by atoms with van der Waals surface area (Å²) in [7, 11) is 0. The van der Waals surface area contributed by atoms with E-state index in [4.69, 9.17) is 5.73 Å². The van der Waals surface area contributed by atoms with Crippen LogP contribution in [-0.4, -0.2) is 26.7 Å². The minimum Gasteiger partial charge on any atom is -0.477 e. The number of anilines is 1. The number of H-pyrrole nitrogens is 1. The van der Waals surface area contributed by atoms with Gasteiger partial charge in [-0.1, -0.05) is 31.0 Å². The third-order valence-electron chi connectivity index (χ3n) is 4.02. The molecule has 0 spiro atoms. The third kappa shape index (κ3) is 2.53. The van der Waals surface area contributed by atoms with Crippen molar-refractivity contribution in [2.75, 3.05) is 5.73 Å². The standard InChI is InChI=1S/C16H21N5O3/c1-4-10-12(17)19-21-14(10)20(7-8(2)3)15(23)11(16(21)24)13(22)18-9-5-6-9/h4,8-9H,1,5-7H2,2-3H3,(H4,17,18,19,22,23,24)/p+1. The number of hydrogen-bond acceptors (Lipinski definition) is 4. The van der Waals surface area contributed by atoms with Gasteiger partial charge in [0.15, 0.2) is 5.82 Å². The van der Waals surface area contributed by atoms with Crippen LogP contribution in [0.1, 0.15) is 42.6 Å². The molecule has 5 N–H and O–H groups in total. The van der Waals surface area contributed by atoms with Gasteiger partial charge in [-0.2, -0.15) is 4.57 Å². The normalized spacial score (nSPS) is 14.3. The number of rotatable bonds is 5. The van der Waals surface area contributed by atoms with Crippen LogP contribution in [0.5, 0.6) is 5.88 Å². The fraction of sp³-hybridized carbons (Fsp3) is 0.438. The highest BCUT2D eigenvalue weighted by molar-refractivity contribution is 5.96. The molecule has 1 amide bonds. The molecule has 2 aromatic rings. The highest BCUT2D eigenvalue weighted by Gasteiger charge is 2.34. The summed E-state index contributed by atoms with van der Waals surface area (Å²) < 4.78 is 2.72. The maximum absolute atomic E-state index is 12.7. The van der Waals surface area contributed by atoms with Gasteiger partial charge in [0.1, 0.15) is 5.56 Å². The van der Waals surface area contributed by atoms with Crippen LogP contribution < -0.4 is 21.2 Å². The first kappa shape index (κ1) is 16.1. The van der Waals surface area contributed by atoms with Crippen molar-refractivity contribution in [2.24, 2.45) is 5.92 Å². The molecule has 2 heterocycles. The predicted octanol–water partition coefficient (Wildman–Crippen LogP) is 0.394. The first-order valence-electron chi connectivity index (χ1n) is 7.97. The number of carbonyl (C=O) groups is 1. The summed E-state index contributed by atoms with van der Waals surface area (Å²) in [6.45, 7) is 8.07. The van der Waals surface area contributed by atoms with E-state index in [-0.39, 0.29) is 29.2 Å². The van der Waals surface area contributed by atoms with Crippen LogP contribution in [0.3, 0.4) is 0 Å². The van der Waals surface area contributed by atoms with Crippen molar-refractivity contribution in [1.82, 2.24) is 14.9 Å². The third-order valence-corrected chi connectivity index (χ3v) is 4.02. The fourth-order valence-corrected chi connectivity index (χ4v) is 2.75. The minimum absolute atomic E-state index is 0.0768. The first-order valence-corrected chi connectivity index (χ1v) is 7.97. The number of hydrogen-bond donors (Lipinski definition) is 4. The Balaban J connectivity index is 2.31. The zero-order chi connectivity index (χ0) is 17.6. The summed E-state index contributed by atoms with van der Waals surface area (Å²) in [4.78, 5) is 25.1. The monoisotopic (exact) mass is 332 g/mol. The van der Waals surface area contributed by atoms with Gasteiger partial charge in [0.25, 0.3) is 5.91 Å². The number of nitrogen functional groups attached to an aromatic ring is 1. The summed E-state index contributed by atoms with van der Waals surface area (Å²) >= 11 is 0. The maximum atomic E-state index is 12.7. The van der Waals surface area contributed by atoms with Gasteiger partial charge in [0.2, 0.25) is 5.56 Å². The van der Waals surface area contributed by atoms with E-state index in [0.717, 1.165) is 12.8 Å². The van der Waals surface area contributed by atoms with Crippen molar-refractivity contribution >= 4 is 23.4 Å². The number of aromatic hydroxyl groups is 1. The van der Waals surface area contributed by atoms with Crippen LogP contribution in [0.25, 0.3) is 11.7 Å². The van der Waals surface area contributed by atoms with Crippen molar-refractivity contribution < 1.29 is 14.5 Å². The Bertz CT molecular complexity index is 889. The molecule has 1 aliphatic rings. The molecule has 8 heteroatoms. The highest BCUT2D eigenvalue weighted by atomic mass is 16.3. The fourth-order valence-electron chi connectivity index (χ4n) is 2.75. The summed E-state index contributed by atoms with van der Waals surface area (Å²) in [5.41, 5.74) is 5.90. The molecule has 0 atom stereocenters. The number of nitrogens with zero attached hydrogens (tertiary/aromatic N) is 2. The van der Waals surface area contributed by atoms with Crippen LogP contribution in [-0.2, 0) is 6.54 Å². The van der Waals surface area contributed by atoms with E-state index in [1.165, 1.54) is 15.2 Å². The van der Waals surface area contributed by atoms with E-state index in [9.17, 15) is 14.7 Å². The lowest BCUT2D eigenvalue weighted by Gasteiger charge is -2.10. The number of amides is 1. The van der Waals surface area contributed by atoms with Crippen molar-refractivity contribution in [3.63, 3.8) is 0 Å². The van der Waals surface area contributed by atoms with Crippen LogP contribution >= 0.6 is 0 Å². The van der Waals surface area contributed by atoms with Crippen LogP contribution in [0.2, 0.25) is 0 Å². The molecule has 0 radical (unpaired) electrons. The van der Waals surface area contributed by atoms with Gasteiger partial charge in [-0.25, -0.2) is 9.89 Å². The first-order chi connectivity index (χ1) is 11.3. The van der Waals surface area contributed by atoms with Crippen molar-refractivity contribution in [3.8, 4) is 5.88 Å². The van der Waals surface area contributed by atoms with Gasteiger partial charge in [-0.3, -0.25) is 4.79 Å². The van der Waals surface area contributed by atoms with Crippen LogP contribution in [0.15, 0.2) is 11.4 Å². The highest BCUT2D eigenvalue weighted by Crippen LogP contribution is 2.22. The molecular weight excluding hydrogens is 310 g/mol. The summed E-state index contributed by atoms with van der Waals surface area (Å²) in [6, 6.07) is 0.0768. The SMILES string of the molecule is C=Cc1c(N)[nH]n2c(=O)c(C(=O)NC3CC3)c(O)[n+](CC(C)C)c12. The van der Waals surface area contributed by atoms with Crippen molar-refractivity contribution in [3.05, 3.63) is 28.1 Å². The minimum atomic E-state index is -0.638. The molecule has 1 saturated carbocycles. The molecule has 2 aromatic heterocycles. The Morgan fingerprint density at radius 1 is 1.58 bits per heavy atom. The Labute approximate surface area is 138 Å². The summed E-state index contributed by atoms with van der Waals surface area (Å²) in [5, 5.41) is 16.1. The Hall–Kier alpha value is -2.77. The molecule has 0 aromatic carbocycles. The lowest BCUT2D eigenvalue weighted by atomic mass is 10.2. The van der Waals surface area contributed by atoms with Gasteiger partial charge >= 0.3 is 17.1 Å².